The van der Waals surface area contributed by atoms with Gasteiger partial charge in [0.15, 0.2) is 5.13 Å². The largest absolute Gasteiger partial charge is 0.416 e. The predicted molar refractivity (Wildman–Crippen MR) is 115 cm³/mol. The number of alkyl halides is 3. The van der Waals surface area contributed by atoms with Crippen molar-refractivity contribution in [3.05, 3.63) is 64.8 Å². The van der Waals surface area contributed by atoms with Gasteiger partial charge in [-0.25, -0.2) is 9.97 Å². The third kappa shape index (κ3) is 5.61. The van der Waals surface area contributed by atoms with E-state index in [0.717, 1.165) is 30.9 Å². The number of carbonyl (C=O) groups is 1. The molecule has 0 atom stereocenters. The van der Waals surface area contributed by atoms with Crippen LogP contribution in [-0.4, -0.2) is 47.1 Å². The molecule has 32 heavy (non-hydrogen) atoms. The second-order valence-electron chi connectivity index (χ2n) is 7.09. The minimum atomic E-state index is -4.47. The third-order valence-electron chi connectivity index (χ3n) is 4.77. The van der Waals surface area contributed by atoms with E-state index in [2.05, 4.69) is 25.5 Å². The van der Waals surface area contributed by atoms with Crippen molar-refractivity contribution < 1.29 is 22.7 Å². The number of thiazole rings is 1. The average Bonchev–Trinajstić information content (AvgIpc) is 3.21. The van der Waals surface area contributed by atoms with E-state index in [-0.39, 0.29) is 17.1 Å². The maximum Gasteiger partial charge on any atom is 0.416 e. The second-order valence-corrected chi connectivity index (χ2v) is 7.95. The van der Waals surface area contributed by atoms with E-state index < -0.39 is 17.6 Å². The molecule has 4 rings (SSSR count). The van der Waals surface area contributed by atoms with Gasteiger partial charge in [-0.3, -0.25) is 15.0 Å². The van der Waals surface area contributed by atoms with Gasteiger partial charge in [0.2, 0.25) is 0 Å². The number of amides is 1. The van der Waals surface area contributed by atoms with E-state index in [1.165, 1.54) is 29.7 Å². The van der Waals surface area contributed by atoms with Crippen molar-refractivity contribution in [3.63, 3.8) is 0 Å². The van der Waals surface area contributed by atoms with E-state index >= 15 is 0 Å². The van der Waals surface area contributed by atoms with Crippen LogP contribution in [0.2, 0.25) is 0 Å². The Morgan fingerprint density at radius 2 is 2.00 bits per heavy atom. The van der Waals surface area contributed by atoms with E-state index in [1.807, 2.05) is 5.38 Å². The van der Waals surface area contributed by atoms with Crippen LogP contribution in [0.15, 0.2) is 48.0 Å². The fourth-order valence-corrected chi connectivity index (χ4v) is 3.88. The van der Waals surface area contributed by atoms with Gasteiger partial charge in [-0.15, -0.1) is 11.3 Å². The minimum Gasteiger partial charge on any atom is -0.379 e. The smallest absolute Gasteiger partial charge is 0.379 e. The van der Waals surface area contributed by atoms with Gasteiger partial charge < -0.3 is 10.1 Å². The Balaban J connectivity index is 1.45. The van der Waals surface area contributed by atoms with Crippen LogP contribution < -0.4 is 10.6 Å². The normalized spacial score (nSPS) is 14.8. The van der Waals surface area contributed by atoms with Crippen molar-refractivity contribution in [3.8, 4) is 0 Å². The molecular formula is C21H20F3N5O2S. The number of morpholine rings is 1. The van der Waals surface area contributed by atoms with Gasteiger partial charge in [-0.05, 0) is 30.3 Å². The summed E-state index contributed by atoms with van der Waals surface area (Å²) in [4.78, 5) is 23.6. The van der Waals surface area contributed by atoms with Crippen molar-refractivity contribution in [2.75, 3.05) is 36.9 Å². The molecule has 168 valence electrons. The molecule has 0 radical (unpaired) electrons. The highest BCUT2D eigenvalue weighted by molar-refractivity contribution is 7.14. The zero-order valence-electron chi connectivity index (χ0n) is 16.9. The summed E-state index contributed by atoms with van der Waals surface area (Å²) in [5, 5.41) is 7.87. The summed E-state index contributed by atoms with van der Waals surface area (Å²) < 4.78 is 44.3. The summed E-state index contributed by atoms with van der Waals surface area (Å²) in [6.07, 6.45) is -3.01. The molecule has 11 heteroatoms. The van der Waals surface area contributed by atoms with Crippen LogP contribution in [0.4, 0.5) is 29.8 Å². The molecule has 7 nitrogen and oxygen atoms in total. The standard InChI is InChI=1S/C21H20F3N5O2S/c22-21(23,24)14-3-1-4-15(11-14)26-18-17(5-2-6-25-18)19(30)28-20-27-16(13-32-20)12-29-7-9-31-10-8-29/h1-6,11,13H,7-10,12H2,(H,25,26)(H,27,28,30). The molecular weight excluding hydrogens is 443 g/mol. The number of hydrogen-bond donors (Lipinski definition) is 2. The summed E-state index contributed by atoms with van der Waals surface area (Å²) in [6.45, 7) is 3.72. The molecule has 0 spiro atoms. The molecule has 1 aliphatic heterocycles. The van der Waals surface area contributed by atoms with Crippen LogP contribution in [0.3, 0.4) is 0 Å². The number of carbonyl (C=O) groups excluding carboxylic acids is 1. The molecule has 2 aromatic heterocycles. The summed E-state index contributed by atoms with van der Waals surface area (Å²) >= 11 is 1.31. The summed E-state index contributed by atoms with van der Waals surface area (Å²) in [6, 6.07) is 7.84. The predicted octanol–water partition coefficient (Wildman–Crippen LogP) is 4.39. The Kier molecular flexibility index (Phi) is 6.68. The molecule has 1 saturated heterocycles. The molecule has 2 N–H and O–H groups in total. The van der Waals surface area contributed by atoms with Gasteiger partial charge in [-0.1, -0.05) is 6.07 Å². The molecule has 0 bridgehead atoms. The molecule has 0 aliphatic carbocycles. The Morgan fingerprint density at radius 3 is 2.78 bits per heavy atom. The number of nitrogens with one attached hydrogen (secondary N) is 2. The number of benzene rings is 1. The lowest BCUT2D eigenvalue weighted by Gasteiger charge is -2.25. The monoisotopic (exact) mass is 463 g/mol. The zero-order chi connectivity index (χ0) is 22.6. The molecule has 1 fully saturated rings. The van der Waals surface area contributed by atoms with Gasteiger partial charge in [0.1, 0.15) is 5.82 Å². The number of rotatable bonds is 6. The van der Waals surface area contributed by atoms with Crippen molar-refractivity contribution in [2.45, 2.75) is 12.7 Å². The zero-order valence-corrected chi connectivity index (χ0v) is 17.7. The van der Waals surface area contributed by atoms with Gasteiger partial charge in [0, 0.05) is 36.9 Å². The average molecular weight is 463 g/mol. The highest BCUT2D eigenvalue weighted by Crippen LogP contribution is 2.31. The fourth-order valence-electron chi connectivity index (χ4n) is 3.19. The highest BCUT2D eigenvalue weighted by Gasteiger charge is 2.30. The maximum absolute atomic E-state index is 13.0. The molecule has 1 aliphatic rings. The first-order valence-electron chi connectivity index (χ1n) is 9.83. The van der Waals surface area contributed by atoms with Crippen molar-refractivity contribution in [1.82, 2.24) is 14.9 Å². The Labute approximate surface area is 186 Å². The van der Waals surface area contributed by atoms with Crippen LogP contribution >= 0.6 is 11.3 Å². The van der Waals surface area contributed by atoms with Crippen LogP contribution in [0.25, 0.3) is 0 Å². The van der Waals surface area contributed by atoms with Crippen LogP contribution in [0.5, 0.6) is 0 Å². The van der Waals surface area contributed by atoms with Crippen LogP contribution in [0.1, 0.15) is 21.6 Å². The summed E-state index contributed by atoms with van der Waals surface area (Å²) in [5.74, 6) is -0.311. The fraction of sp³-hybridized carbons (Fsp3) is 0.286. The van der Waals surface area contributed by atoms with E-state index in [9.17, 15) is 18.0 Å². The lowest BCUT2D eigenvalue weighted by molar-refractivity contribution is -0.137. The quantitative estimate of drug-likeness (QED) is 0.565. The molecule has 1 aromatic carbocycles. The van der Waals surface area contributed by atoms with Gasteiger partial charge in [0.25, 0.3) is 5.91 Å². The topological polar surface area (TPSA) is 79.4 Å². The SMILES string of the molecule is O=C(Nc1nc(CN2CCOCC2)cs1)c1cccnc1Nc1cccc(C(F)(F)F)c1. The number of hydrogen-bond acceptors (Lipinski definition) is 7. The van der Waals surface area contributed by atoms with Crippen LogP contribution in [-0.2, 0) is 17.5 Å². The van der Waals surface area contributed by atoms with E-state index in [4.69, 9.17) is 4.74 Å². The number of nitrogens with zero attached hydrogens (tertiary/aromatic N) is 3. The van der Waals surface area contributed by atoms with Gasteiger partial charge in [-0.2, -0.15) is 13.2 Å². The highest BCUT2D eigenvalue weighted by atomic mass is 32.1. The number of ether oxygens (including phenoxy) is 1. The Hall–Kier alpha value is -3.02. The number of halogens is 3. The van der Waals surface area contributed by atoms with E-state index in [0.29, 0.717) is 24.9 Å². The van der Waals surface area contributed by atoms with Crippen molar-refractivity contribution >= 4 is 33.9 Å². The Bertz CT molecular complexity index is 1080. The second kappa shape index (κ2) is 9.63. The van der Waals surface area contributed by atoms with Crippen LogP contribution in [0, 0.1) is 0 Å². The lowest BCUT2D eigenvalue weighted by Crippen LogP contribution is -2.35. The molecule has 0 saturated carbocycles. The first-order valence-corrected chi connectivity index (χ1v) is 10.7. The molecule has 3 aromatic rings. The molecule has 3 heterocycles. The van der Waals surface area contributed by atoms with Crippen molar-refractivity contribution in [1.29, 1.82) is 0 Å². The Morgan fingerprint density at radius 1 is 1.19 bits per heavy atom. The van der Waals surface area contributed by atoms with Crippen molar-refractivity contribution in [2.24, 2.45) is 0 Å². The summed E-state index contributed by atoms with van der Waals surface area (Å²) in [5.41, 5.74) is 0.421. The number of anilines is 3. The molecule has 1 amide bonds. The first kappa shape index (κ1) is 22.2. The third-order valence-corrected chi connectivity index (χ3v) is 5.57. The van der Waals surface area contributed by atoms with Gasteiger partial charge in [0.05, 0.1) is 30.0 Å². The number of pyridine rings is 1. The first-order chi connectivity index (χ1) is 15.4. The maximum atomic E-state index is 13.0. The van der Waals surface area contributed by atoms with E-state index in [1.54, 1.807) is 12.1 Å². The van der Waals surface area contributed by atoms with Gasteiger partial charge >= 0.3 is 6.18 Å². The minimum absolute atomic E-state index is 0.148. The lowest BCUT2D eigenvalue weighted by atomic mass is 10.2. The summed E-state index contributed by atoms with van der Waals surface area (Å²) in [7, 11) is 0. The molecule has 0 unspecified atom stereocenters. The number of aromatic nitrogens is 2.